The first-order valence-electron chi connectivity index (χ1n) is 9.00. The van der Waals surface area contributed by atoms with E-state index in [-0.39, 0.29) is 42.7 Å². The molecule has 2 heterocycles. The minimum Gasteiger partial charge on any atom is -0.394 e. The van der Waals surface area contributed by atoms with Crippen LogP contribution in [0.5, 0.6) is 0 Å². The maximum atomic E-state index is 9.10. The molecular formula is C16H24Cl2N4O4. The standard InChI is InChI=1S/C16H24Cl2N4O4/c17-13-10(19)14(22-15(18)21-13)20-8-7-9(24-6-5-23)12-11(8)25-16(26-12)3-1-2-4-16/h8-9,11-12,15,21,23H,1-7,19H2,(H,20,22)/t8-,9+,11+,12-,15?/m1/s1. The molecule has 0 bridgehead atoms. The van der Waals surface area contributed by atoms with Crippen molar-refractivity contribution in [2.45, 2.75) is 67.9 Å². The molecular weight excluding hydrogens is 383 g/mol. The van der Waals surface area contributed by atoms with Crippen LogP contribution in [0.15, 0.2) is 15.8 Å². The number of ether oxygens (including phenoxy) is 3. The van der Waals surface area contributed by atoms with Crippen molar-refractivity contribution in [1.29, 1.82) is 0 Å². The summed E-state index contributed by atoms with van der Waals surface area (Å²) >= 11 is 12.1. The third kappa shape index (κ3) is 3.39. The van der Waals surface area contributed by atoms with Gasteiger partial charge in [-0.3, -0.25) is 0 Å². The summed E-state index contributed by atoms with van der Waals surface area (Å²) in [6, 6.07) is -0.104. The second-order valence-corrected chi connectivity index (χ2v) is 7.88. The molecule has 10 heteroatoms. The molecule has 4 aliphatic rings. The fourth-order valence-corrected chi connectivity index (χ4v) is 4.68. The lowest BCUT2D eigenvalue weighted by Gasteiger charge is -2.28. The summed E-state index contributed by atoms with van der Waals surface area (Å²) in [5, 5.41) is 15.4. The van der Waals surface area contributed by atoms with Crippen LogP contribution in [0.4, 0.5) is 0 Å². The molecule has 0 aromatic rings. The fraction of sp³-hybridized carbons (Fsp3) is 0.812. The van der Waals surface area contributed by atoms with Gasteiger partial charge in [-0.2, -0.15) is 0 Å². The Morgan fingerprint density at radius 3 is 2.81 bits per heavy atom. The Morgan fingerprint density at radius 2 is 2.08 bits per heavy atom. The Morgan fingerprint density at radius 1 is 1.35 bits per heavy atom. The van der Waals surface area contributed by atoms with Gasteiger partial charge in [0.2, 0.25) is 0 Å². The Bertz CT molecular complexity index is 611. The summed E-state index contributed by atoms with van der Waals surface area (Å²) < 4.78 is 18.5. The average Bonchev–Trinajstić information content (AvgIpc) is 3.29. The molecule has 0 aromatic heterocycles. The van der Waals surface area contributed by atoms with Crippen molar-refractivity contribution in [2.75, 3.05) is 13.2 Å². The van der Waals surface area contributed by atoms with Crippen molar-refractivity contribution >= 4 is 29.0 Å². The number of rotatable bonds is 4. The van der Waals surface area contributed by atoms with Gasteiger partial charge in [-0.1, -0.05) is 23.2 Å². The molecule has 0 radical (unpaired) electrons. The summed E-state index contributed by atoms with van der Waals surface area (Å²) in [5.74, 6) is -0.0724. The lowest BCUT2D eigenvalue weighted by atomic mass is 10.2. The van der Waals surface area contributed by atoms with E-state index in [0.717, 1.165) is 25.7 Å². The lowest BCUT2D eigenvalue weighted by molar-refractivity contribution is -0.188. The van der Waals surface area contributed by atoms with Crippen LogP contribution in [0.25, 0.3) is 0 Å². The average molecular weight is 407 g/mol. The van der Waals surface area contributed by atoms with Gasteiger partial charge in [-0.05, 0) is 19.3 Å². The van der Waals surface area contributed by atoms with E-state index < -0.39 is 11.4 Å². The molecule has 3 fully saturated rings. The van der Waals surface area contributed by atoms with Crippen LogP contribution in [-0.4, -0.2) is 59.9 Å². The van der Waals surface area contributed by atoms with Gasteiger partial charge >= 0.3 is 0 Å². The molecule has 8 nitrogen and oxygen atoms in total. The molecule has 0 amide bonds. The van der Waals surface area contributed by atoms with E-state index in [1.165, 1.54) is 0 Å². The summed E-state index contributed by atoms with van der Waals surface area (Å²) in [6.07, 6.45) is 4.08. The van der Waals surface area contributed by atoms with Gasteiger partial charge in [-0.15, -0.1) is 0 Å². The summed E-state index contributed by atoms with van der Waals surface area (Å²) in [4.78, 5) is 4.28. The van der Waals surface area contributed by atoms with Gasteiger partial charge in [0.1, 0.15) is 23.1 Å². The van der Waals surface area contributed by atoms with E-state index in [1.54, 1.807) is 0 Å². The Balaban J connectivity index is 1.52. The zero-order chi connectivity index (χ0) is 18.3. The number of halogens is 2. The number of nitrogens with one attached hydrogen (secondary N) is 2. The van der Waals surface area contributed by atoms with E-state index >= 15 is 0 Å². The molecule has 146 valence electrons. The summed E-state index contributed by atoms with van der Waals surface area (Å²) in [7, 11) is 0. The van der Waals surface area contributed by atoms with E-state index in [9.17, 15) is 0 Å². The van der Waals surface area contributed by atoms with Crippen LogP contribution in [0.3, 0.4) is 0 Å². The first kappa shape index (κ1) is 18.6. The number of nitrogens with zero attached hydrogens (tertiary/aromatic N) is 1. The zero-order valence-electron chi connectivity index (χ0n) is 14.3. The Labute approximate surface area is 162 Å². The number of aliphatic hydroxyl groups is 1. The molecule has 1 unspecified atom stereocenters. The molecule has 5 atom stereocenters. The van der Waals surface area contributed by atoms with E-state index in [0.29, 0.717) is 18.0 Å². The highest BCUT2D eigenvalue weighted by Crippen LogP contribution is 2.47. The molecule has 2 saturated carbocycles. The molecule has 0 aromatic carbocycles. The van der Waals surface area contributed by atoms with E-state index in [2.05, 4.69) is 15.6 Å². The van der Waals surface area contributed by atoms with Gasteiger partial charge < -0.3 is 35.7 Å². The third-order valence-corrected chi connectivity index (χ3v) is 5.88. The number of hydrogen-bond donors (Lipinski definition) is 4. The van der Waals surface area contributed by atoms with Crippen molar-refractivity contribution in [3.8, 4) is 0 Å². The molecule has 4 rings (SSSR count). The maximum absolute atomic E-state index is 9.10. The number of hydrogen-bond acceptors (Lipinski definition) is 8. The fourth-order valence-electron chi connectivity index (χ4n) is 4.22. The monoisotopic (exact) mass is 406 g/mol. The summed E-state index contributed by atoms with van der Waals surface area (Å²) in [5.41, 5.74) is 5.66. The number of aliphatic hydroxyl groups excluding tert-OH is 1. The molecule has 5 N–H and O–H groups in total. The highest BCUT2D eigenvalue weighted by atomic mass is 35.5. The lowest BCUT2D eigenvalue weighted by Crippen LogP contribution is -2.47. The van der Waals surface area contributed by atoms with Crippen molar-refractivity contribution in [3.63, 3.8) is 0 Å². The topological polar surface area (TPSA) is 110 Å². The molecule has 2 aliphatic carbocycles. The zero-order valence-corrected chi connectivity index (χ0v) is 15.8. The van der Waals surface area contributed by atoms with Gasteiger partial charge in [0.25, 0.3) is 0 Å². The highest BCUT2D eigenvalue weighted by molar-refractivity contribution is 6.33. The first-order chi connectivity index (χ1) is 12.5. The summed E-state index contributed by atoms with van der Waals surface area (Å²) in [6.45, 7) is 0.231. The Kier molecular flexibility index (Phi) is 5.24. The first-order valence-corrected chi connectivity index (χ1v) is 9.81. The van der Waals surface area contributed by atoms with Gasteiger partial charge in [0.15, 0.2) is 17.2 Å². The van der Waals surface area contributed by atoms with Gasteiger partial charge in [-0.25, -0.2) is 4.99 Å². The van der Waals surface area contributed by atoms with Crippen LogP contribution >= 0.6 is 23.2 Å². The van der Waals surface area contributed by atoms with Crippen molar-refractivity contribution in [2.24, 2.45) is 10.7 Å². The van der Waals surface area contributed by atoms with Crippen LogP contribution in [0, 0.1) is 0 Å². The quantitative estimate of drug-likeness (QED) is 0.401. The number of alkyl halides is 1. The minimum atomic E-state index is -0.683. The smallest absolute Gasteiger partial charge is 0.198 e. The van der Waals surface area contributed by atoms with Crippen molar-refractivity contribution in [3.05, 3.63) is 10.9 Å². The van der Waals surface area contributed by atoms with E-state index in [4.69, 9.17) is 48.3 Å². The maximum Gasteiger partial charge on any atom is 0.198 e. The molecule has 26 heavy (non-hydrogen) atoms. The van der Waals surface area contributed by atoms with Crippen LogP contribution < -0.4 is 16.4 Å². The number of aliphatic imine (C=N–C) groups is 1. The second kappa shape index (κ2) is 7.33. The van der Waals surface area contributed by atoms with Crippen LogP contribution in [-0.2, 0) is 14.2 Å². The molecule has 2 aliphatic heterocycles. The van der Waals surface area contributed by atoms with Crippen molar-refractivity contribution in [1.82, 2.24) is 10.6 Å². The molecule has 1 saturated heterocycles. The van der Waals surface area contributed by atoms with Crippen molar-refractivity contribution < 1.29 is 19.3 Å². The number of fused-ring (bicyclic) bond motifs is 1. The van der Waals surface area contributed by atoms with Crippen LogP contribution in [0.1, 0.15) is 32.1 Å². The Hall–Kier alpha value is -0.770. The second-order valence-electron chi connectivity index (χ2n) is 7.09. The third-order valence-electron chi connectivity index (χ3n) is 5.37. The van der Waals surface area contributed by atoms with E-state index in [1.807, 2.05) is 0 Å². The SMILES string of the molecule is NC1=C(Cl)NC(Cl)N=C1N[C@@H]1C[C@H](OCCO)[C@H]2OC3(CCCC3)O[C@H]21. The molecule has 1 spiro atoms. The highest BCUT2D eigenvalue weighted by Gasteiger charge is 2.58. The van der Waals surface area contributed by atoms with Gasteiger partial charge in [0, 0.05) is 12.8 Å². The number of nitrogens with two attached hydrogens (primary N) is 1. The number of amidine groups is 1. The predicted octanol–water partition coefficient (Wildman–Crippen LogP) is 0.671. The largest absolute Gasteiger partial charge is 0.394 e. The normalized spacial score (nSPS) is 38.4. The minimum absolute atomic E-state index is 0.0322. The predicted molar refractivity (Wildman–Crippen MR) is 96.6 cm³/mol. The van der Waals surface area contributed by atoms with Gasteiger partial charge in [0.05, 0.1) is 25.4 Å². The van der Waals surface area contributed by atoms with Crippen LogP contribution in [0.2, 0.25) is 0 Å².